The standard InChI is InChI=1S/C17H23ClN4O2S2/c1-2-3-8-20(16-7-9-26(23,24)11-16)13-22-17(25)21(12-19-22)15-6-4-5-14(18)10-15/h4-6,10,12,16H,2-3,7-9,11,13H2,1H3. The van der Waals surface area contributed by atoms with Gasteiger partial charge in [-0.1, -0.05) is 31.0 Å². The van der Waals surface area contributed by atoms with E-state index in [9.17, 15) is 8.42 Å². The van der Waals surface area contributed by atoms with Crippen LogP contribution >= 0.6 is 23.8 Å². The Hall–Kier alpha value is -1.22. The van der Waals surface area contributed by atoms with Gasteiger partial charge in [0.05, 0.1) is 23.9 Å². The Kier molecular flexibility index (Phi) is 6.17. The Morgan fingerprint density at radius 3 is 2.88 bits per heavy atom. The maximum atomic E-state index is 11.9. The van der Waals surface area contributed by atoms with Crippen molar-refractivity contribution in [3.05, 3.63) is 40.4 Å². The summed E-state index contributed by atoms with van der Waals surface area (Å²) in [5.41, 5.74) is 0.859. The summed E-state index contributed by atoms with van der Waals surface area (Å²) in [6, 6.07) is 7.47. The van der Waals surface area contributed by atoms with Crippen LogP contribution in [-0.2, 0) is 16.5 Å². The molecule has 1 aromatic carbocycles. The second-order valence-electron chi connectivity index (χ2n) is 6.63. The molecule has 2 aromatic rings. The monoisotopic (exact) mass is 414 g/mol. The number of hydrogen-bond donors (Lipinski definition) is 0. The van der Waals surface area contributed by atoms with Gasteiger partial charge in [-0.3, -0.25) is 9.47 Å². The molecular weight excluding hydrogens is 392 g/mol. The number of aromatic nitrogens is 3. The Bertz CT molecular complexity index is 923. The van der Waals surface area contributed by atoms with Gasteiger partial charge in [0.15, 0.2) is 9.84 Å². The highest BCUT2D eigenvalue weighted by Crippen LogP contribution is 2.20. The lowest BCUT2D eigenvalue weighted by atomic mass is 10.2. The molecule has 1 aromatic heterocycles. The second-order valence-corrected chi connectivity index (χ2v) is 9.66. The van der Waals surface area contributed by atoms with Crippen molar-refractivity contribution in [1.29, 1.82) is 0 Å². The van der Waals surface area contributed by atoms with Crippen molar-refractivity contribution in [1.82, 2.24) is 19.2 Å². The van der Waals surface area contributed by atoms with Crippen LogP contribution in [0.25, 0.3) is 5.69 Å². The third-order valence-electron chi connectivity index (χ3n) is 4.66. The van der Waals surface area contributed by atoms with Gasteiger partial charge in [-0.25, -0.2) is 13.1 Å². The Labute approximate surface area is 164 Å². The molecule has 1 saturated heterocycles. The molecule has 1 atom stereocenters. The number of benzene rings is 1. The van der Waals surface area contributed by atoms with Crippen LogP contribution in [0.15, 0.2) is 30.6 Å². The van der Waals surface area contributed by atoms with E-state index < -0.39 is 9.84 Å². The maximum Gasteiger partial charge on any atom is 0.203 e. The molecule has 2 heterocycles. The number of halogens is 1. The van der Waals surface area contributed by atoms with Gasteiger partial charge in [0.2, 0.25) is 4.77 Å². The smallest absolute Gasteiger partial charge is 0.203 e. The van der Waals surface area contributed by atoms with Gasteiger partial charge in [0, 0.05) is 17.6 Å². The molecule has 0 amide bonds. The lowest BCUT2D eigenvalue weighted by Crippen LogP contribution is -2.38. The molecule has 1 aliphatic heterocycles. The van der Waals surface area contributed by atoms with Gasteiger partial charge < -0.3 is 0 Å². The van der Waals surface area contributed by atoms with Crippen molar-refractivity contribution in [2.45, 2.75) is 38.9 Å². The van der Waals surface area contributed by atoms with E-state index in [0.29, 0.717) is 22.9 Å². The first kappa shape index (κ1) is 19.5. The third kappa shape index (κ3) is 4.54. The van der Waals surface area contributed by atoms with Crippen LogP contribution < -0.4 is 0 Å². The van der Waals surface area contributed by atoms with Crippen molar-refractivity contribution in [3.63, 3.8) is 0 Å². The molecule has 0 bridgehead atoms. The highest BCUT2D eigenvalue weighted by atomic mass is 35.5. The van der Waals surface area contributed by atoms with Gasteiger partial charge in [-0.05, 0) is 43.3 Å². The number of nitrogens with zero attached hydrogens (tertiary/aromatic N) is 4. The summed E-state index contributed by atoms with van der Waals surface area (Å²) in [7, 11) is -2.93. The summed E-state index contributed by atoms with van der Waals surface area (Å²) in [4.78, 5) is 2.19. The molecule has 26 heavy (non-hydrogen) atoms. The third-order valence-corrected chi connectivity index (χ3v) is 7.05. The minimum atomic E-state index is -2.93. The summed E-state index contributed by atoms with van der Waals surface area (Å²) >= 11 is 11.6. The van der Waals surface area contributed by atoms with Crippen LogP contribution in [0.4, 0.5) is 0 Å². The van der Waals surface area contributed by atoms with E-state index in [1.165, 1.54) is 0 Å². The summed E-state index contributed by atoms with van der Waals surface area (Å²) in [5.74, 6) is 0.488. The van der Waals surface area contributed by atoms with Gasteiger partial charge in [-0.15, -0.1) is 0 Å². The minimum Gasteiger partial charge on any atom is -0.280 e. The zero-order chi connectivity index (χ0) is 18.7. The molecule has 1 aliphatic rings. The first-order valence-electron chi connectivity index (χ1n) is 8.74. The number of unbranched alkanes of at least 4 members (excludes halogenated alkanes) is 1. The van der Waals surface area contributed by atoms with E-state index in [-0.39, 0.29) is 17.5 Å². The van der Waals surface area contributed by atoms with Gasteiger partial charge in [0.1, 0.15) is 6.33 Å². The van der Waals surface area contributed by atoms with Crippen molar-refractivity contribution in [3.8, 4) is 5.69 Å². The predicted molar refractivity (Wildman–Crippen MR) is 106 cm³/mol. The molecule has 0 N–H and O–H groups in total. The highest BCUT2D eigenvalue weighted by molar-refractivity contribution is 7.91. The fourth-order valence-corrected chi connectivity index (χ4v) is 5.41. The summed E-state index contributed by atoms with van der Waals surface area (Å²) in [5, 5.41) is 5.06. The first-order chi connectivity index (χ1) is 12.4. The van der Waals surface area contributed by atoms with Crippen molar-refractivity contribution < 1.29 is 8.42 Å². The van der Waals surface area contributed by atoms with Gasteiger partial charge >= 0.3 is 0 Å². The molecule has 0 spiro atoms. The highest BCUT2D eigenvalue weighted by Gasteiger charge is 2.32. The second kappa shape index (κ2) is 8.21. The number of rotatable bonds is 7. The Morgan fingerprint density at radius 2 is 2.23 bits per heavy atom. The first-order valence-corrected chi connectivity index (χ1v) is 11.4. The molecule has 3 rings (SSSR count). The van der Waals surface area contributed by atoms with E-state index in [4.69, 9.17) is 23.8 Å². The number of hydrogen-bond acceptors (Lipinski definition) is 5. The molecule has 6 nitrogen and oxygen atoms in total. The molecule has 1 unspecified atom stereocenters. The number of sulfone groups is 1. The average Bonchev–Trinajstić information content (AvgIpc) is 3.14. The van der Waals surface area contributed by atoms with Crippen LogP contribution in [0, 0.1) is 4.77 Å². The van der Waals surface area contributed by atoms with E-state index in [1.807, 2.05) is 28.8 Å². The van der Waals surface area contributed by atoms with E-state index in [1.54, 1.807) is 11.0 Å². The normalized spacial score (nSPS) is 19.3. The molecule has 9 heteroatoms. The van der Waals surface area contributed by atoms with Crippen LogP contribution in [0.3, 0.4) is 0 Å². The van der Waals surface area contributed by atoms with Crippen LogP contribution in [0.1, 0.15) is 26.2 Å². The van der Waals surface area contributed by atoms with Crippen molar-refractivity contribution in [2.75, 3.05) is 18.1 Å². The molecule has 1 fully saturated rings. The van der Waals surface area contributed by atoms with E-state index in [0.717, 1.165) is 25.1 Å². The van der Waals surface area contributed by atoms with E-state index >= 15 is 0 Å². The Balaban J connectivity index is 1.82. The Morgan fingerprint density at radius 1 is 1.42 bits per heavy atom. The van der Waals surface area contributed by atoms with Crippen LogP contribution in [0.2, 0.25) is 5.02 Å². The van der Waals surface area contributed by atoms with Crippen molar-refractivity contribution in [2.24, 2.45) is 0 Å². The fraction of sp³-hybridized carbons (Fsp3) is 0.529. The van der Waals surface area contributed by atoms with Crippen LogP contribution in [0.5, 0.6) is 0 Å². The molecule has 0 radical (unpaired) electrons. The quantitative estimate of drug-likeness (QED) is 0.650. The molecule has 142 valence electrons. The SMILES string of the molecule is CCCCN(Cn1ncn(-c2cccc(Cl)c2)c1=S)C1CCS(=O)(=O)C1. The lowest BCUT2D eigenvalue weighted by molar-refractivity contribution is 0.152. The fourth-order valence-electron chi connectivity index (χ4n) is 3.20. The van der Waals surface area contributed by atoms with Gasteiger partial charge in [0.25, 0.3) is 0 Å². The zero-order valence-corrected chi connectivity index (χ0v) is 17.1. The predicted octanol–water partition coefficient (Wildman–Crippen LogP) is 3.30. The topological polar surface area (TPSA) is 60.1 Å². The largest absolute Gasteiger partial charge is 0.280 e. The lowest BCUT2D eigenvalue weighted by Gasteiger charge is -2.27. The van der Waals surface area contributed by atoms with Crippen LogP contribution in [-0.4, -0.2) is 51.8 Å². The molecule has 0 aliphatic carbocycles. The summed E-state index contributed by atoms with van der Waals surface area (Å²) in [6.45, 7) is 3.46. The van der Waals surface area contributed by atoms with E-state index in [2.05, 4.69) is 16.9 Å². The van der Waals surface area contributed by atoms with Gasteiger partial charge in [-0.2, -0.15) is 5.10 Å². The zero-order valence-electron chi connectivity index (χ0n) is 14.7. The average molecular weight is 415 g/mol. The molecule has 0 saturated carbocycles. The minimum absolute atomic E-state index is 0.0322. The van der Waals surface area contributed by atoms with Crippen molar-refractivity contribution >= 4 is 33.7 Å². The maximum absolute atomic E-state index is 11.9. The molecular formula is C17H23ClN4O2S2. The summed E-state index contributed by atoms with van der Waals surface area (Å²) in [6.07, 6.45) is 4.42. The summed E-state index contributed by atoms with van der Waals surface area (Å²) < 4.78 is 27.9.